The number of carbonyl (C=O) groups excluding carboxylic acids is 3. The van der Waals surface area contributed by atoms with E-state index in [-0.39, 0.29) is 30.7 Å². The molecule has 1 fully saturated rings. The highest BCUT2D eigenvalue weighted by Gasteiger charge is 2.49. The van der Waals surface area contributed by atoms with Gasteiger partial charge in [0, 0.05) is 18.9 Å². The molecule has 0 saturated carbocycles. The van der Waals surface area contributed by atoms with E-state index in [0.717, 1.165) is 24.8 Å². The Morgan fingerprint density at radius 2 is 1.84 bits per heavy atom. The lowest BCUT2D eigenvalue weighted by molar-refractivity contribution is -0.148. The highest BCUT2D eigenvalue weighted by atomic mass is 16.7. The average molecular weight is 631 g/mol. The second kappa shape index (κ2) is 16.8. The van der Waals surface area contributed by atoms with Crippen molar-refractivity contribution in [2.75, 3.05) is 20.8 Å². The molecule has 11 nitrogen and oxygen atoms in total. The van der Waals surface area contributed by atoms with Crippen LogP contribution in [-0.4, -0.2) is 87.9 Å². The molecule has 4 aliphatic heterocycles. The van der Waals surface area contributed by atoms with Crippen LogP contribution in [0.4, 0.5) is 9.59 Å². The molecule has 0 aromatic carbocycles. The van der Waals surface area contributed by atoms with Crippen LogP contribution in [0.3, 0.4) is 0 Å². The van der Waals surface area contributed by atoms with Gasteiger partial charge in [-0.15, -0.1) is 0 Å². The first-order chi connectivity index (χ1) is 21.6. The van der Waals surface area contributed by atoms with E-state index < -0.39 is 48.8 Å². The van der Waals surface area contributed by atoms with Crippen LogP contribution in [0.1, 0.15) is 58.8 Å². The number of carbonyl (C=O) groups is 3. The molecule has 0 N–H and O–H groups in total. The number of hydrogen-bond donors (Lipinski definition) is 0. The third-order valence-corrected chi connectivity index (χ3v) is 8.21. The maximum atomic E-state index is 13.1. The first-order valence-corrected chi connectivity index (χ1v) is 15.6. The number of methoxy groups -OCH3 is 2. The lowest BCUT2D eigenvalue weighted by Crippen LogP contribution is -2.36. The summed E-state index contributed by atoms with van der Waals surface area (Å²) in [5.74, 6) is -0.327. The number of ether oxygens (including phenoxy) is 8. The summed E-state index contributed by atoms with van der Waals surface area (Å²) in [4.78, 5) is 37.6. The topological polar surface area (TPSA) is 128 Å². The zero-order valence-corrected chi connectivity index (χ0v) is 26.6. The van der Waals surface area contributed by atoms with Gasteiger partial charge in [0.05, 0.1) is 45.2 Å². The third-order valence-electron chi connectivity index (χ3n) is 8.21. The van der Waals surface area contributed by atoms with Gasteiger partial charge >= 0.3 is 18.3 Å². The zero-order chi connectivity index (χ0) is 32.3. The molecule has 11 heteroatoms. The van der Waals surface area contributed by atoms with Crippen LogP contribution < -0.4 is 0 Å². The average Bonchev–Trinajstić information content (AvgIpc) is 3.77. The van der Waals surface area contributed by atoms with Crippen LogP contribution in [0.15, 0.2) is 60.3 Å². The zero-order valence-electron chi connectivity index (χ0n) is 26.6. The van der Waals surface area contributed by atoms with Gasteiger partial charge in [0.25, 0.3) is 0 Å². The van der Waals surface area contributed by atoms with Gasteiger partial charge in [-0.2, -0.15) is 0 Å². The van der Waals surface area contributed by atoms with Gasteiger partial charge in [0.1, 0.15) is 18.3 Å². The fourth-order valence-corrected chi connectivity index (χ4v) is 5.97. The van der Waals surface area contributed by atoms with Crippen LogP contribution in [0.5, 0.6) is 0 Å². The summed E-state index contributed by atoms with van der Waals surface area (Å²) in [5, 5.41) is 0. The second-order valence-corrected chi connectivity index (χ2v) is 12.1. The lowest BCUT2D eigenvalue weighted by Gasteiger charge is -2.28. The molecule has 1 unspecified atom stereocenters. The quantitative estimate of drug-likeness (QED) is 0.161. The van der Waals surface area contributed by atoms with Gasteiger partial charge in [-0.05, 0) is 51.0 Å². The van der Waals surface area contributed by atoms with Crippen molar-refractivity contribution in [3.05, 3.63) is 60.3 Å². The first kappa shape index (κ1) is 34.5. The summed E-state index contributed by atoms with van der Waals surface area (Å²) >= 11 is 0. The Morgan fingerprint density at radius 3 is 2.60 bits per heavy atom. The molecule has 4 heterocycles. The molecular weight excluding hydrogens is 584 g/mol. The fourth-order valence-electron chi connectivity index (χ4n) is 5.97. The number of fused-ring (bicyclic) bond motifs is 3. The van der Waals surface area contributed by atoms with E-state index in [2.05, 4.69) is 19.6 Å². The fraction of sp³-hybridized carbons (Fsp3) is 0.618. The molecular formula is C34H46O11. The largest absolute Gasteiger partial charge is 0.508 e. The van der Waals surface area contributed by atoms with E-state index in [1.54, 1.807) is 18.2 Å². The summed E-state index contributed by atoms with van der Waals surface area (Å²) in [6.45, 7) is 8.90. The molecule has 0 amide bonds. The summed E-state index contributed by atoms with van der Waals surface area (Å²) in [6, 6.07) is 0. The van der Waals surface area contributed by atoms with Gasteiger partial charge in [0.15, 0.2) is 6.10 Å². The number of cyclic esters (lactones) is 1. The predicted octanol–water partition coefficient (Wildman–Crippen LogP) is 5.69. The van der Waals surface area contributed by atoms with Crippen molar-refractivity contribution in [3.63, 3.8) is 0 Å². The SMILES string of the molecule is C=C1CC(OC(=O)OC)[C@@H]2O[C@H]2C[C@@H]([C@H](/C=C/[C@@H]2CC(C)=CCO2)OC(=O)OC)OC(=O)/C=C\C[C@@H]2C=CC[C@@H](C[C@@H](C)C1)O2. The van der Waals surface area contributed by atoms with Crippen LogP contribution in [0.2, 0.25) is 0 Å². The second-order valence-electron chi connectivity index (χ2n) is 12.1. The van der Waals surface area contributed by atoms with E-state index in [1.165, 1.54) is 25.9 Å². The normalized spacial score (nSPS) is 34.2. The molecule has 0 aliphatic carbocycles. The Bertz CT molecular complexity index is 1170. The molecule has 0 radical (unpaired) electrons. The Labute approximate surface area is 265 Å². The molecule has 1 saturated heterocycles. The molecule has 4 rings (SSSR count). The smallest absolute Gasteiger partial charge is 0.455 e. The predicted molar refractivity (Wildman–Crippen MR) is 163 cm³/mol. The highest BCUT2D eigenvalue weighted by Crippen LogP contribution is 2.37. The first-order valence-electron chi connectivity index (χ1n) is 15.6. The van der Waals surface area contributed by atoms with Crippen molar-refractivity contribution in [3.8, 4) is 0 Å². The van der Waals surface area contributed by atoms with Crippen molar-refractivity contribution in [2.24, 2.45) is 5.92 Å². The molecule has 0 aromatic heterocycles. The van der Waals surface area contributed by atoms with Gasteiger partial charge < -0.3 is 37.9 Å². The standard InChI is InChI=1S/C34H46O11/c1-21-14-15-40-25(17-21)12-13-27(44-33(36)38-4)28-20-30-32(43-30)29(45-34(37)39-5)19-23(3)16-22(2)18-26-10-6-8-24(41-26)9-7-11-31(35)42-28/h6-8,11-14,22,24-30,32H,3,9-10,15-20H2,1-2,4-5H3/b11-7-,13-12+/t22-,24-,25+,26-,27-,28-,29?,30-,32-/m0/s1. The van der Waals surface area contributed by atoms with E-state index >= 15 is 0 Å². The van der Waals surface area contributed by atoms with E-state index in [4.69, 9.17) is 37.9 Å². The van der Waals surface area contributed by atoms with Gasteiger partial charge in [-0.1, -0.05) is 55.0 Å². The van der Waals surface area contributed by atoms with Gasteiger partial charge in [-0.25, -0.2) is 14.4 Å². The number of epoxide rings is 1. The summed E-state index contributed by atoms with van der Waals surface area (Å²) in [7, 11) is 2.45. The molecule has 0 aromatic rings. The summed E-state index contributed by atoms with van der Waals surface area (Å²) in [5.41, 5.74) is 2.09. The Balaban J connectivity index is 1.59. The monoisotopic (exact) mass is 630 g/mol. The molecule has 4 aliphatic rings. The molecule has 2 bridgehead atoms. The maximum absolute atomic E-state index is 13.1. The van der Waals surface area contributed by atoms with Crippen molar-refractivity contribution in [2.45, 2.75) is 108 Å². The van der Waals surface area contributed by atoms with Crippen LogP contribution in [0, 0.1) is 5.92 Å². The highest BCUT2D eigenvalue weighted by molar-refractivity contribution is 5.82. The van der Waals surface area contributed by atoms with Crippen LogP contribution in [0.25, 0.3) is 0 Å². The third kappa shape index (κ3) is 11.2. The maximum Gasteiger partial charge on any atom is 0.508 e. The van der Waals surface area contributed by atoms with Crippen LogP contribution in [-0.2, 0) is 42.7 Å². The van der Waals surface area contributed by atoms with Gasteiger partial charge in [0.2, 0.25) is 0 Å². The van der Waals surface area contributed by atoms with E-state index in [0.29, 0.717) is 25.9 Å². The lowest BCUT2D eigenvalue weighted by atomic mass is 9.90. The Hall–Kier alpha value is -3.41. The minimum absolute atomic E-state index is 0.0418. The molecule has 45 heavy (non-hydrogen) atoms. The van der Waals surface area contributed by atoms with Crippen LogP contribution >= 0.6 is 0 Å². The summed E-state index contributed by atoms with van der Waals surface area (Å²) < 4.78 is 44.7. The van der Waals surface area contributed by atoms with Crippen molar-refractivity contribution < 1.29 is 52.3 Å². The van der Waals surface area contributed by atoms with Crippen molar-refractivity contribution >= 4 is 18.3 Å². The van der Waals surface area contributed by atoms with Gasteiger partial charge in [-0.3, -0.25) is 0 Å². The van der Waals surface area contributed by atoms with Crippen molar-refractivity contribution in [1.82, 2.24) is 0 Å². The van der Waals surface area contributed by atoms with E-state index in [1.807, 2.05) is 19.1 Å². The molecule has 9 atom stereocenters. The molecule has 0 spiro atoms. The number of rotatable bonds is 5. The minimum Gasteiger partial charge on any atom is -0.455 e. The molecule has 248 valence electrons. The van der Waals surface area contributed by atoms with Crippen molar-refractivity contribution in [1.29, 1.82) is 0 Å². The van der Waals surface area contributed by atoms with E-state index in [9.17, 15) is 14.4 Å². The number of hydrogen-bond acceptors (Lipinski definition) is 11. The summed E-state index contributed by atoms with van der Waals surface area (Å²) in [6.07, 6.45) is 11.0. The number of esters is 1. The Morgan fingerprint density at radius 1 is 1.04 bits per heavy atom. The Kier molecular flexibility index (Phi) is 12.8. The minimum atomic E-state index is -1.01.